The van der Waals surface area contributed by atoms with Crippen LogP contribution in [0.4, 0.5) is 0 Å². The van der Waals surface area contributed by atoms with Gasteiger partial charge in [0.2, 0.25) is 18.0 Å². The molecule has 0 bridgehead atoms. The van der Waals surface area contributed by atoms with E-state index in [1.54, 1.807) is 36.0 Å². The van der Waals surface area contributed by atoms with Crippen molar-refractivity contribution in [2.75, 3.05) is 6.26 Å². The fourth-order valence-corrected chi connectivity index (χ4v) is 2.91. The minimum atomic E-state index is -0.605. The summed E-state index contributed by atoms with van der Waals surface area (Å²) >= 11 is 1.64. The molecule has 134 valence electrons. The van der Waals surface area contributed by atoms with Gasteiger partial charge in [0.1, 0.15) is 5.75 Å². The third-order valence-corrected chi connectivity index (χ3v) is 4.47. The maximum absolute atomic E-state index is 12.0. The van der Waals surface area contributed by atoms with Gasteiger partial charge in [0, 0.05) is 29.9 Å². The zero-order valence-electron chi connectivity index (χ0n) is 14.6. The molecule has 0 N–H and O–H groups in total. The monoisotopic (exact) mass is 370 g/mol. The molecule has 0 aromatic heterocycles. The van der Waals surface area contributed by atoms with Crippen molar-refractivity contribution in [1.29, 1.82) is 0 Å². The van der Waals surface area contributed by atoms with E-state index in [1.807, 2.05) is 30.5 Å². The number of hydrogen-bond acceptors (Lipinski definition) is 6. The van der Waals surface area contributed by atoms with Crippen LogP contribution in [-0.2, 0) is 14.3 Å². The third kappa shape index (κ3) is 3.88. The van der Waals surface area contributed by atoms with Crippen LogP contribution in [0.25, 0.3) is 0 Å². The highest BCUT2D eigenvalue weighted by Crippen LogP contribution is 2.31. The molecule has 0 spiro atoms. The lowest BCUT2D eigenvalue weighted by atomic mass is 10.2. The van der Waals surface area contributed by atoms with Crippen molar-refractivity contribution in [2.24, 2.45) is 5.10 Å². The van der Waals surface area contributed by atoms with E-state index in [0.717, 1.165) is 10.5 Å². The minimum Gasteiger partial charge on any atom is -0.446 e. The molecular weight excluding hydrogens is 352 g/mol. The molecule has 6 nitrogen and oxygen atoms in total. The van der Waals surface area contributed by atoms with E-state index in [2.05, 4.69) is 5.10 Å². The number of esters is 1. The van der Waals surface area contributed by atoms with E-state index in [1.165, 1.54) is 18.9 Å². The van der Waals surface area contributed by atoms with E-state index < -0.39 is 6.23 Å². The van der Waals surface area contributed by atoms with Crippen LogP contribution in [0.5, 0.6) is 5.75 Å². The Balaban J connectivity index is 1.84. The van der Waals surface area contributed by atoms with Crippen molar-refractivity contribution in [1.82, 2.24) is 5.01 Å². The Hall–Kier alpha value is -2.80. The molecule has 2 aromatic carbocycles. The SMILES string of the molecule is CSc1ccc([C@@H]2OC(c3ccc(OC(C)=O)cc3)=NN2C(C)=O)cc1. The summed E-state index contributed by atoms with van der Waals surface area (Å²) in [7, 11) is 0. The standard InChI is InChI=1S/C19H18N2O4S/c1-12(22)21-19(15-6-10-17(26-3)11-7-15)25-18(20-21)14-4-8-16(9-5-14)24-13(2)23/h4-11,19H,1-3H3/t19-/m0/s1. The molecule has 1 aliphatic rings. The number of nitrogens with zero attached hydrogens (tertiary/aromatic N) is 2. The van der Waals surface area contributed by atoms with Crippen LogP contribution in [0.2, 0.25) is 0 Å². The fraction of sp³-hybridized carbons (Fsp3) is 0.211. The molecule has 26 heavy (non-hydrogen) atoms. The lowest BCUT2D eigenvalue weighted by Crippen LogP contribution is -2.25. The second-order valence-corrected chi connectivity index (χ2v) is 6.51. The van der Waals surface area contributed by atoms with Crippen molar-refractivity contribution in [3.8, 4) is 5.75 Å². The number of amides is 1. The smallest absolute Gasteiger partial charge is 0.308 e. The topological polar surface area (TPSA) is 68.2 Å². The number of thioether (sulfide) groups is 1. The molecule has 2 aromatic rings. The van der Waals surface area contributed by atoms with Crippen molar-refractivity contribution in [3.63, 3.8) is 0 Å². The molecular formula is C19H18N2O4S. The zero-order chi connectivity index (χ0) is 18.7. The molecule has 0 fully saturated rings. The Labute approximate surface area is 155 Å². The molecule has 1 heterocycles. The number of ether oxygens (including phenoxy) is 2. The van der Waals surface area contributed by atoms with E-state index >= 15 is 0 Å². The molecule has 3 rings (SSSR count). The molecule has 0 radical (unpaired) electrons. The van der Waals surface area contributed by atoms with Gasteiger partial charge in [-0.05, 0) is 42.7 Å². The molecule has 1 aliphatic heterocycles. The Morgan fingerprint density at radius 2 is 1.73 bits per heavy atom. The van der Waals surface area contributed by atoms with Gasteiger partial charge in [-0.2, -0.15) is 5.01 Å². The van der Waals surface area contributed by atoms with E-state index in [0.29, 0.717) is 17.2 Å². The maximum atomic E-state index is 12.0. The number of benzene rings is 2. The normalized spacial score (nSPS) is 16.0. The average molecular weight is 370 g/mol. The first-order chi connectivity index (χ1) is 12.5. The predicted octanol–water partition coefficient (Wildman–Crippen LogP) is 3.57. The Morgan fingerprint density at radius 1 is 1.08 bits per heavy atom. The Morgan fingerprint density at radius 3 is 2.27 bits per heavy atom. The van der Waals surface area contributed by atoms with E-state index in [9.17, 15) is 9.59 Å². The van der Waals surface area contributed by atoms with Crippen LogP contribution >= 0.6 is 11.8 Å². The number of rotatable bonds is 4. The third-order valence-electron chi connectivity index (χ3n) is 3.73. The fourth-order valence-electron chi connectivity index (χ4n) is 2.50. The second kappa shape index (κ2) is 7.61. The van der Waals surface area contributed by atoms with Crippen LogP contribution in [0.3, 0.4) is 0 Å². The number of carbonyl (C=O) groups excluding carboxylic acids is 2. The quantitative estimate of drug-likeness (QED) is 0.467. The van der Waals surface area contributed by atoms with Crippen LogP contribution in [0.15, 0.2) is 58.5 Å². The van der Waals surface area contributed by atoms with Crippen LogP contribution in [-0.4, -0.2) is 29.0 Å². The van der Waals surface area contributed by atoms with Crippen molar-refractivity contribution < 1.29 is 19.1 Å². The number of hydrazone groups is 1. The summed E-state index contributed by atoms with van der Waals surface area (Å²) in [6.45, 7) is 2.79. The number of carbonyl (C=O) groups is 2. The highest BCUT2D eigenvalue weighted by atomic mass is 32.2. The molecule has 1 amide bonds. The molecule has 0 saturated carbocycles. The average Bonchev–Trinajstić information content (AvgIpc) is 3.07. The zero-order valence-corrected chi connectivity index (χ0v) is 15.4. The highest BCUT2D eigenvalue weighted by Gasteiger charge is 2.33. The van der Waals surface area contributed by atoms with Crippen LogP contribution in [0, 0.1) is 0 Å². The minimum absolute atomic E-state index is 0.213. The van der Waals surface area contributed by atoms with Crippen molar-refractivity contribution >= 4 is 29.5 Å². The van der Waals surface area contributed by atoms with Crippen molar-refractivity contribution in [2.45, 2.75) is 25.0 Å². The van der Waals surface area contributed by atoms with E-state index in [-0.39, 0.29) is 11.9 Å². The lowest BCUT2D eigenvalue weighted by molar-refractivity contribution is -0.135. The lowest BCUT2D eigenvalue weighted by Gasteiger charge is -2.19. The first-order valence-electron chi connectivity index (χ1n) is 7.96. The summed E-state index contributed by atoms with van der Waals surface area (Å²) in [4.78, 5) is 24.1. The second-order valence-electron chi connectivity index (χ2n) is 5.63. The van der Waals surface area contributed by atoms with Gasteiger partial charge in [-0.1, -0.05) is 12.1 Å². The first-order valence-corrected chi connectivity index (χ1v) is 9.18. The molecule has 7 heteroatoms. The predicted molar refractivity (Wildman–Crippen MR) is 98.9 cm³/mol. The molecule has 0 aliphatic carbocycles. The van der Waals surface area contributed by atoms with Gasteiger partial charge < -0.3 is 9.47 Å². The largest absolute Gasteiger partial charge is 0.446 e. The maximum Gasteiger partial charge on any atom is 0.308 e. The van der Waals surface area contributed by atoms with Gasteiger partial charge in [0.15, 0.2) is 0 Å². The van der Waals surface area contributed by atoms with E-state index in [4.69, 9.17) is 9.47 Å². The van der Waals surface area contributed by atoms with Crippen molar-refractivity contribution in [3.05, 3.63) is 59.7 Å². The summed E-state index contributed by atoms with van der Waals surface area (Å²) in [6, 6.07) is 14.6. The molecule has 0 unspecified atom stereocenters. The first kappa shape index (κ1) is 18.0. The van der Waals surface area contributed by atoms with Gasteiger partial charge in [0.05, 0.1) is 0 Å². The van der Waals surface area contributed by atoms with Gasteiger partial charge in [0.25, 0.3) is 0 Å². The summed E-state index contributed by atoms with van der Waals surface area (Å²) in [5.74, 6) is 0.181. The highest BCUT2D eigenvalue weighted by molar-refractivity contribution is 7.98. The summed E-state index contributed by atoms with van der Waals surface area (Å²) < 4.78 is 11.0. The van der Waals surface area contributed by atoms with Crippen LogP contribution < -0.4 is 4.74 Å². The van der Waals surface area contributed by atoms with Gasteiger partial charge >= 0.3 is 5.97 Å². The Kier molecular flexibility index (Phi) is 5.27. The number of hydrogen-bond donors (Lipinski definition) is 0. The summed E-state index contributed by atoms with van der Waals surface area (Å²) in [6.07, 6.45) is 1.40. The van der Waals surface area contributed by atoms with Gasteiger partial charge in [-0.25, -0.2) is 0 Å². The summed E-state index contributed by atoms with van der Waals surface area (Å²) in [5.41, 5.74) is 1.53. The molecule has 1 atom stereocenters. The molecule has 0 saturated heterocycles. The Bertz CT molecular complexity index is 847. The van der Waals surface area contributed by atoms with Crippen LogP contribution in [0.1, 0.15) is 31.2 Å². The summed E-state index contributed by atoms with van der Waals surface area (Å²) in [5, 5.41) is 5.64. The van der Waals surface area contributed by atoms with Gasteiger partial charge in [-0.15, -0.1) is 16.9 Å². The van der Waals surface area contributed by atoms with Gasteiger partial charge in [-0.3, -0.25) is 9.59 Å².